The van der Waals surface area contributed by atoms with E-state index < -0.39 is 0 Å². The van der Waals surface area contributed by atoms with Crippen molar-refractivity contribution >= 4 is 5.96 Å². The molecule has 2 saturated heterocycles. The van der Waals surface area contributed by atoms with Gasteiger partial charge in [0.2, 0.25) is 0 Å². The Balaban J connectivity index is 1.36. The minimum absolute atomic E-state index is 0.471. The molecular weight excluding hydrogens is 276 g/mol. The van der Waals surface area contributed by atoms with Gasteiger partial charge < -0.3 is 19.9 Å². The molecule has 5 heteroatoms. The maximum absolute atomic E-state index is 6.03. The lowest BCUT2D eigenvalue weighted by Gasteiger charge is -2.34. The molecule has 1 saturated carbocycles. The van der Waals surface area contributed by atoms with Crippen molar-refractivity contribution in [2.45, 2.75) is 38.2 Å². The lowest BCUT2D eigenvalue weighted by molar-refractivity contribution is 0.0131. The lowest BCUT2D eigenvalue weighted by Crippen LogP contribution is -2.48. The van der Waals surface area contributed by atoms with Gasteiger partial charge >= 0.3 is 0 Å². The van der Waals surface area contributed by atoms with Gasteiger partial charge in [0.1, 0.15) is 0 Å². The standard InChI is InChI=1S/C17H32N4O/c1-18-17(19-11-15-5-8-20(2)12-15)21-9-6-16(7-10-21)22-13-14-3-4-14/h14-16H,3-13H2,1-2H3,(H,18,19). The van der Waals surface area contributed by atoms with Crippen LogP contribution in [0.5, 0.6) is 0 Å². The van der Waals surface area contributed by atoms with Crippen molar-refractivity contribution < 1.29 is 4.74 Å². The van der Waals surface area contributed by atoms with E-state index in [1.54, 1.807) is 0 Å². The summed E-state index contributed by atoms with van der Waals surface area (Å²) in [6.45, 7) is 6.62. The van der Waals surface area contributed by atoms with E-state index in [1.165, 1.54) is 32.4 Å². The maximum Gasteiger partial charge on any atom is 0.193 e. The van der Waals surface area contributed by atoms with Gasteiger partial charge in [-0.05, 0) is 57.5 Å². The highest BCUT2D eigenvalue weighted by atomic mass is 16.5. The van der Waals surface area contributed by atoms with E-state index in [9.17, 15) is 0 Å². The van der Waals surface area contributed by atoms with Gasteiger partial charge in [0, 0.05) is 39.8 Å². The van der Waals surface area contributed by atoms with Crippen LogP contribution in [0.1, 0.15) is 32.1 Å². The number of nitrogens with zero attached hydrogens (tertiary/aromatic N) is 3. The van der Waals surface area contributed by atoms with Crippen LogP contribution in [0.4, 0.5) is 0 Å². The van der Waals surface area contributed by atoms with E-state index in [2.05, 4.69) is 27.2 Å². The molecule has 0 aromatic rings. The summed E-state index contributed by atoms with van der Waals surface area (Å²) in [5, 5.41) is 3.59. The summed E-state index contributed by atoms with van der Waals surface area (Å²) >= 11 is 0. The third-order valence-electron chi connectivity index (χ3n) is 5.26. The zero-order valence-electron chi connectivity index (χ0n) is 14.3. The Bertz CT molecular complexity index is 375. The summed E-state index contributed by atoms with van der Waals surface area (Å²) < 4.78 is 6.03. The Labute approximate surface area is 135 Å². The monoisotopic (exact) mass is 308 g/mol. The minimum Gasteiger partial charge on any atom is -0.378 e. The summed E-state index contributed by atoms with van der Waals surface area (Å²) in [5.41, 5.74) is 0. The number of piperidine rings is 1. The fourth-order valence-electron chi connectivity index (χ4n) is 3.55. The van der Waals surface area contributed by atoms with Gasteiger partial charge in [0.15, 0.2) is 5.96 Å². The van der Waals surface area contributed by atoms with E-state index in [-0.39, 0.29) is 0 Å². The first-order chi connectivity index (χ1) is 10.7. The topological polar surface area (TPSA) is 40.1 Å². The molecule has 3 fully saturated rings. The van der Waals surface area contributed by atoms with E-state index in [4.69, 9.17) is 4.74 Å². The van der Waals surface area contributed by atoms with E-state index in [0.29, 0.717) is 6.10 Å². The largest absolute Gasteiger partial charge is 0.378 e. The smallest absolute Gasteiger partial charge is 0.193 e. The third-order valence-corrected chi connectivity index (χ3v) is 5.26. The quantitative estimate of drug-likeness (QED) is 0.616. The Hall–Kier alpha value is -0.810. The summed E-state index contributed by atoms with van der Waals surface area (Å²) in [7, 11) is 4.11. The molecular formula is C17H32N4O. The molecule has 0 spiro atoms. The van der Waals surface area contributed by atoms with Crippen LogP contribution in [0.3, 0.4) is 0 Å². The normalized spacial score (nSPS) is 28.4. The second-order valence-corrected chi connectivity index (χ2v) is 7.31. The molecule has 2 aliphatic heterocycles. The van der Waals surface area contributed by atoms with Gasteiger partial charge in [-0.15, -0.1) is 0 Å². The SMILES string of the molecule is CN=C(NCC1CCN(C)C1)N1CCC(OCC2CC2)CC1. The van der Waals surface area contributed by atoms with Crippen LogP contribution in [-0.2, 0) is 4.74 Å². The average Bonchev–Trinajstić information content (AvgIpc) is 3.28. The molecule has 0 aromatic heterocycles. The molecule has 1 aliphatic carbocycles. The fraction of sp³-hybridized carbons (Fsp3) is 0.941. The number of aliphatic imine (C=N–C) groups is 1. The first-order valence-electron chi connectivity index (χ1n) is 9.00. The summed E-state index contributed by atoms with van der Waals surface area (Å²) in [5.74, 6) is 2.72. The zero-order valence-corrected chi connectivity index (χ0v) is 14.3. The first-order valence-corrected chi connectivity index (χ1v) is 9.00. The number of guanidine groups is 1. The summed E-state index contributed by atoms with van der Waals surface area (Å²) in [4.78, 5) is 9.29. The highest BCUT2D eigenvalue weighted by molar-refractivity contribution is 5.79. The van der Waals surface area contributed by atoms with Crippen LogP contribution in [0.2, 0.25) is 0 Å². The van der Waals surface area contributed by atoms with E-state index in [1.807, 2.05) is 7.05 Å². The second kappa shape index (κ2) is 7.64. The van der Waals surface area contributed by atoms with Crippen molar-refractivity contribution in [3.8, 4) is 0 Å². The van der Waals surface area contributed by atoms with Crippen molar-refractivity contribution in [1.82, 2.24) is 15.1 Å². The van der Waals surface area contributed by atoms with E-state index >= 15 is 0 Å². The Morgan fingerprint density at radius 3 is 2.45 bits per heavy atom. The zero-order chi connectivity index (χ0) is 15.4. The van der Waals surface area contributed by atoms with Gasteiger partial charge in [0.25, 0.3) is 0 Å². The molecule has 0 amide bonds. The van der Waals surface area contributed by atoms with Crippen molar-refractivity contribution in [2.75, 3.05) is 53.4 Å². The van der Waals surface area contributed by atoms with Crippen LogP contribution < -0.4 is 5.32 Å². The van der Waals surface area contributed by atoms with Crippen LogP contribution in [0, 0.1) is 11.8 Å². The Morgan fingerprint density at radius 2 is 1.86 bits per heavy atom. The van der Waals surface area contributed by atoms with Crippen LogP contribution in [0.15, 0.2) is 4.99 Å². The van der Waals surface area contributed by atoms with Crippen LogP contribution in [0.25, 0.3) is 0 Å². The Morgan fingerprint density at radius 1 is 1.09 bits per heavy atom. The van der Waals surface area contributed by atoms with Crippen molar-refractivity contribution in [3.63, 3.8) is 0 Å². The minimum atomic E-state index is 0.471. The van der Waals surface area contributed by atoms with Gasteiger partial charge in [-0.3, -0.25) is 4.99 Å². The Kier molecular flexibility index (Phi) is 5.58. The third kappa shape index (κ3) is 4.59. The molecule has 1 atom stereocenters. The second-order valence-electron chi connectivity index (χ2n) is 7.31. The van der Waals surface area contributed by atoms with Gasteiger partial charge in [-0.25, -0.2) is 0 Å². The number of rotatable bonds is 5. The molecule has 3 rings (SSSR count). The van der Waals surface area contributed by atoms with E-state index in [0.717, 1.165) is 56.9 Å². The fourth-order valence-corrected chi connectivity index (χ4v) is 3.55. The number of hydrogen-bond donors (Lipinski definition) is 1. The predicted octanol–water partition coefficient (Wildman–Crippen LogP) is 1.40. The van der Waals surface area contributed by atoms with Gasteiger partial charge in [-0.2, -0.15) is 0 Å². The molecule has 3 aliphatic rings. The highest BCUT2D eigenvalue weighted by Crippen LogP contribution is 2.30. The molecule has 22 heavy (non-hydrogen) atoms. The first kappa shape index (κ1) is 16.1. The molecule has 0 bridgehead atoms. The van der Waals surface area contributed by atoms with Crippen LogP contribution in [-0.4, -0.2) is 75.3 Å². The summed E-state index contributed by atoms with van der Waals surface area (Å²) in [6.07, 6.45) is 6.81. The highest BCUT2D eigenvalue weighted by Gasteiger charge is 2.26. The van der Waals surface area contributed by atoms with Crippen molar-refractivity contribution in [3.05, 3.63) is 0 Å². The number of ether oxygens (including phenoxy) is 1. The molecule has 5 nitrogen and oxygen atoms in total. The van der Waals surface area contributed by atoms with Gasteiger partial charge in [-0.1, -0.05) is 0 Å². The van der Waals surface area contributed by atoms with Crippen molar-refractivity contribution in [1.29, 1.82) is 0 Å². The molecule has 1 N–H and O–H groups in total. The van der Waals surface area contributed by atoms with Crippen LogP contribution >= 0.6 is 0 Å². The van der Waals surface area contributed by atoms with Crippen molar-refractivity contribution in [2.24, 2.45) is 16.8 Å². The molecule has 0 aromatic carbocycles. The number of nitrogens with one attached hydrogen (secondary N) is 1. The number of hydrogen-bond acceptors (Lipinski definition) is 3. The number of likely N-dealkylation sites (tertiary alicyclic amines) is 2. The average molecular weight is 308 g/mol. The molecule has 0 radical (unpaired) electrons. The summed E-state index contributed by atoms with van der Waals surface area (Å²) in [6, 6.07) is 0. The lowest BCUT2D eigenvalue weighted by atomic mass is 10.1. The maximum atomic E-state index is 6.03. The molecule has 126 valence electrons. The predicted molar refractivity (Wildman–Crippen MR) is 90.2 cm³/mol. The molecule has 1 unspecified atom stereocenters. The van der Waals surface area contributed by atoms with Gasteiger partial charge in [0.05, 0.1) is 6.10 Å². The molecule has 2 heterocycles.